The standard InChI is InChI=1S/C21H27N3O2/c22-20(13-17-7-3-1-4-8-17)21(25)23-14-19-16-24(11-12-26-19)15-18-9-5-2-6-10-18/h1-10,19-20H,11-16,22H2,(H,23,25). The number of morpholine rings is 1. The van der Waals surface area contributed by atoms with E-state index in [1.54, 1.807) is 0 Å². The van der Waals surface area contributed by atoms with Gasteiger partial charge in [-0.25, -0.2) is 0 Å². The molecule has 5 nitrogen and oxygen atoms in total. The van der Waals surface area contributed by atoms with Gasteiger partial charge in [-0.2, -0.15) is 0 Å². The Balaban J connectivity index is 1.42. The monoisotopic (exact) mass is 353 g/mol. The molecule has 0 spiro atoms. The zero-order chi connectivity index (χ0) is 18.2. The highest BCUT2D eigenvalue weighted by molar-refractivity contribution is 5.81. The highest BCUT2D eigenvalue weighted by Gasteiger charge is 2.22. The Morgan fingerprint density at radius 2 is 1.77 bits per heavy atom. The van der Waals surface area contributed by atoms with Crippen LogP contribution in [0, 0.1) is 0 Å². The number of hydrogen-bond donors (Lipinski definition) is 2. The van der Waals surface area contributed by atoms with Crippen molar-refractivity contribution in [3.8, 4) is 0 Å². The van der Waals surface area contributed by atoms with Crippen molar-refractivity contribution >= 4 is 5.91 Å². The van der Waals surface area contributed by atoms with Gasteiger partial charge in [-0.3, -0.25) is 9.69 Å². The molecule has 1 aliphatic rings. The topological polar surface area (TPSA) is 67.6 Å². The summed E-state index contributed by atoms with van der Waals surface area (Å²) >= 11 is 0. The van der Waals surface area contributed by atoms with Crippen LogP contribution in [0.3, 0.4) is 0 Å². The van der Waals surface area contributed by atoms with Crippen molar-refractivity contribution in [1.82, 2.24) is 10.2 Å². The first-order valence-electron chi connectivity index (χ1n) is 9.16. The molecule has 2 aromatic rings. The number of hydrogen-bond acceptors (Lipinski definition) is 4. The van der Waals surface area contributed by atoms with Crippen LogP contribution in [-0.2, 0) is 22.5 Å². The van der Waals surface area contributed by atoms with Gasteiger partial charge in [0.05, 0.1) is 18.8 Å². The van der Waals surface area contributed by atoms with Crippen molar-refractivity contribution in [3.05, 3.63) is 71.8 Å². The van der Waals surface area contributed by atoms with E-state index < -0.39 is 6.04 Å². The maximum atomic E-state index is 12.3. The van der Waals surface area contributed by atoms with E-state index >= 15 is 0 Å². The third-order valence-corrected chi connectivity index (χ3v) is 4.61. The number of nitrogens with one attached hydrogen (secondary N) is 1. The van der Waals surface area contributed by atoms with E-state index in [0.717, 1.165) is 25.2 Å². The molecular weight excluding hydrogens is 326 g/mol. The second-order valence-corrected chi connectivity index (χ2v) is 6.75. The van der Waals surface area contributed by atoms with Crippen molar-refractivity contribution < 1.29 is 9.53 Å². The van der Waals surface area contributed by atoms with Gasteiger partial charge in [-0.1, -0.05) is 60.7 Å². The fourth-order valence-corrected chi connectivity index (χ4v) is 3.20. The first kappa shape index (κ1) is 18.6. The summed E-state index contributed by atoms with van der Waals surface area (Å²) in [6.07, 6.45) is 0.540. The highest BCUT2D eigenvalue weighted by Crippen LogP contribution is 2.10. The maximum Gasteiger partial charge on any atom is 0.237 e. The Hall–Kier alpha value is -2.21. The molecule has 0 radical (unpaired) electrons. The zero-order valence-electron chi connectivity index (χ0n) is 15.0. The van der Waals surface area contributed by atoms with Crippen LogP contribution in [0.1, 0.15) is 11.1 Å². The predicted octanol–water partition coefficient (Wildman–Crippen LogP) is 1.57. The molecule has 1 aliphatic heterocycles. The van der Waals surface area contributed by atoms with Crippen molar-refractivity contribution in [2.24, 2.45) is 5.73 Å². The first-order chi connectivity index (χ1) is 12.7. The molecule has 2 aromatic carbocycles. The molecule has 0 saturated carbocycles. The number of nitrogens with zero attached hydrogens (tertiary/aromatic N) is 1. The third-order valence-electron chi connectivity index (χ3n) is 4.61. The molecule has 3 rings (SSSR count). The Morgan fingerprint density at radius 1 is 1.12 bits per heavy atom. The number of rotatable bonds is 7. The van der Waals surface area contributed by atoms with E-state index in [0.29, 0.717) is 19.6 Å². The van der Waals surface area contributed by atoms with Gasteiger partial charge in [-0.05, 0) is 17.5 Å². The van der Waals surface area contributed by atoms with E-state index in [1.165, 1.54) is 5.56 Å². The fraction of sp³-hybridized carbons (Fsp3) is 0.381. The lowest BCUT2D eigenvalue weighted by atomic mass is 10.1. The van der Waals surface area contributed by atoms with E-state index in [1.807, 2.05) is 36.4 Å². The molecule has 3 N–H and O–H groups in total. The van der Waals surface area contributed by atoms with Gasteiger partial charge >= 0.3 is 0 Å². The fourth-order valence-electron chi connectivity index (χ4n) is 3.20. The summed E-state index contributed by atoms with van der Waals surface area (Å²) < 4.78 is 5.80. The zero-order valence-corrected chi connectivity index (χ0v) is 15.0. The molecule has 2 unspecified atom stereocenters. The molecule has 138 valence electrons. The van der Waals surface area contributed by atoms with Crippen LogP contribution in [0.4, 0.5) is 0 Å². The molecule has 0 aliphatic carbocycles. The molecule has 0 aromatic heterocycles. The van der Waals surface area contributed by atoms with Crippen LogP contribution in [0.25, 0.3) is 0 Å². The van der Waals surface area contributed by atoms with Gasteiger partial charge in [0.1, 0.15) is 0 Å². The van der Waals surface area contributed by atoms with Crippen molar-refractivity contribution in [2.45, 2.75) is 25.1 Å². The lowest BCUT2D eigenvalue weighted by molar-refractivity contribution is -0.123. The van der Waals surface area contributed by atoms with Crippen LogP contribution in [0.5, 0.6) is 0 Å². The van der Waals surface area contributed by atoms with Gasteiger partial charge in [0.2, 0.25) is 5.91 Å². The minimum Gasteiger partial charge on any atom is -0.374 e. The van der Waals surface area contributed by atoms with Crippen LogP contribution >= 0.6 is 0 Å². The van der Waals surface area contributed by atoms with E-state index in [2.05, 4.69) is 34.5 Å². The molecule has 1 heterocycles. The molecule has 1 fully saturated rings. The number of amides is 1. The minimum absolute atomic E-state index is 0.000313. The molecular formula is C21H27N3O2. The van der Waals surface area contributed by atoms with Crippen LogP contribution < -0.4 is 11.1 Å². The van der Waals surface area contributed by atoms with E-state index in [-0.39, 0.29) is 12.0 Å². The first-order valence-corrected chi connectivity index (χ1v) is 9.16. The minimum atomic E-state index is -0.540. The Kier molecular flexibility index (Phi) is 6.77. The number of carbonyl (C=O) groups is 1. The molecule has 5 heteroatoms. The normalized spacial score (nSPS) is 19.0. The number of carbonyl (C=O) groups excluding carboxylic acids is 1. The predicted molar refractivity (Wildman–Crippen MR) is 103 cm³/mol. The van der Waals surface area contributed by atoms with Crippen LogP contribution in [0.2, 0.25) is 0 Å². The lowest BCUT2D eigenvalue weighted by Gasteiger charge is -2.33. The van der Waals surface area contributed by atoms with Crippen LogP contribution in [-0.4, -0.2) is 49.2 Å². The van der Waals surface area contributed by atoms with E-state index in [9.17, 15) is 4.79 Å². The summed E-state index contributed by atoms with van der Waals surface area (Å²) in [5.41, 5.74) is 8.39. The second kappa shape index (κ2) is 9.48. The average molecular weight is 353 g/mol. The number of nitrogens with two attached hydrogens (primary N) is 1. The molecule has 1 saturated heterocycles. The van der Waals surface area contributed by atoms with Gasteiger partial charge in [0.25, 0.3) is 0 Å². The summed E-state index contributed by atoms with van der Waals surface area (Å²) in [6, 6.07) is 19.7. The van der Waals surface area contributed by atoms with Gasteiger partial charge in [-0.15, -0.1) is 0 Å². The second-order valence-electron chi connectivity index (χ2n) is 6.75. The van der Waals surface area contributed by atoms with E-state index in [4.69, 9.17) is 10.5 Å². The van der Waals surface area contributed by atoms with Crippen molar-refractivity contribution in [2.75, 3.05) is 26.2 Å². The van der Waals surface area contributed by atoms with Crippen molar-refractivity contribution in [3.63, 3.8) is 0 Å². The Bertz CT molecular complexity index is 678. The molecule has 0 bridgehead atoms. The molecule has 1 amide bonds. The quantitative estimate of drug-likeness (QED) is 0.793. The molecule has 26 heavy (non-hydrogen) atoms. The smallest absolute Gasteiger partial charge is 0.237 e. The van der Waals surface area contributed by atoms with Gasteiger partial charge in [0, 0.05) is 26.2 Å². The summed E-state index contributed by atoms with van der Waals surface area (Å²) in [5.74, 6) is -0.127. The summed E-state index contributed by atoms with van der Waals surface area (Å²) in [5, 5.41) is 2.94. The highest BCUT2D eigenvalue weighted by atomic mass is 16.5. The lowest BCUT2D eigenvalue weighted by Crippen LogP contribution is -2.50. The maximum absolute atomic E-state index is 12.3. The van der Waals surface area contributed by atoms with Gasteiger partial charge in [0.15, 0.2) is 0 Å². The molecule has 2 atom stereocenters. The summed E-state index contributed by atoms with van der Waals surface area (Å²) in [6.45, 7) is 3.80. The summed E-state index contributed by atoms with van der Waals surface area (Å²) in [7, 11) is 0. The van der Waals surface area contributed by atoms with Gasteiger partial charge < -0.3 is 15.8 Å². The Labute approximate surface area is 155 Å². The van der Waals surface area contributed by atoms with Crippen LogP contribution in [0.15, 0.2) is 60.7 Å². The third kappa shape index (κ3) is 5.66. The Morgan fingerprint density at radius 3 is 2.46 bits per heavy atom. The SMILES string of the molecule is NC(Cc1ccccc1)C(=O)NCC1CN(Cc2ccccc2)CCO1. The van der Waals surface area contributed by atoms with Crippen molar-refractivity contribution in [1.29, 1.82) is 0 Å². The largest absolute Gasteiger partial charge is 0.374 e. The average Bonchev–Trinajstić information content (AvgIpc) is 2.68. The summed E-state index contributed by atoms with van der Waals surface area (Å²) in [4.78, 5) is 14.6. The number of ether oxygens (including phenoxy) is 1. The number of benzene rings is 2.